The molecule has 2 aromatic carbocycles. The predicted octanol–water partition coefficient (Wildman–Crippen LogP) is 3.70. The lowest BCUT2D eigenvalue weighted by atomic mass is 9.88. The van der Waals surface area contributed by atoms with Gasteiger partial charge in [-0.2, -0.15) is 5.26 Å². The van der Waals surface area contributed by atoms with Crippen molar-refractivity contribution in [1.82, 2.24) is 19.4 Å². The molecule has 1 saturated carbocycles. The van der Waals surface area contributed by atoms with Gasteiger partial charge in [0.15, 0.2) is 0 Å². The Morgan fingerprint density at radius 2 is 1.89 bits per heavy atom. The zero-order valence-electron chi connectivity index (χ0n) is 20.7. The molecular formula is C28H28ClN5O3. The third kappa shape index (κ3) is 5.37. The molecule has 2 aliphatic rings. The fourth-order valence-electron chi connectivity index (χ4n) is 4.94. The van der Waals surface area contributed by atoms with E-state index >= 15 is 0 Å². The second kappa shape index (κ2) is 10.3. The number of fused-ring (bicyclic) bond motifs is 1. The molecule has 5 rings (SSSR count). The lowest BCUT2D eigenvalue weighted by molar-refractivity contribution is -0.133. The molecule has 8 nitrogen and oxygen atoms in total. The van der Waals surface area contributed by atoms with Crippen molar-refractivity contribution >= 4 is 34.3 Å². The van der Waals surface area contributed by atoms with E-state index in [0.29, 0.717) is 33.9 Å². The summed E-state index contributed by atoms with van der Waals surface area (Å²) in [7, 11) is 1.66. The van der Waals surface area contributed by atoms with Crippen LogP contribution in [0, 0.1) is 17.2 Å². The number of nitrogens with zero attached hydrogens (tertiary/aromatic N) is 5. The summed E-state index contributed by atoms with van der Waals surface area (Å²) in [4.78, 5) is 46.4. The lowest BCUT2D eigenvalue weighted by Gasteiger charge is -2.32. The van der Waals surface area contributed by atoms with E-state index in [1.807, 2.05) is 29.2 Å². The van der Waals surface area contributed by atoms with Gasteiger partial charge in [-0.05, 0) is 67.0 Å². The van der Waals surface area contributed by atoms with Gasteiger partial charge in [-0.25, -0.2) is 4.98 Å². The van der Waals surface area contributed by atoms with Gasteiger partial charge in [0.1, 0.15) is 12.6 Å². The minimum atomic E-state index is -0.253. The Labute approximate surface area is 220 Å². The first-order valence-corrected chi connectivity index (χ1v) is 12.9. The molecule has 1 aromatic heterocycles. The van der Waals surface area contributed by atoms with Crippen LogP contribution in [-0.4, -0.2) is 51.3 Å². The zero-order chi connectivity index (χ0) is 26.1. The van der Waals surface area contributed by atoms with Crippen LogP contribution in [-0.2, 0) is 22.7 Å². The number of likely N-dealkylation sites (tertiary alicyclic amines) is 1. The maximum Gasteiger partial charge on any atom is 0.261 e. The van der Waals surface area contributed by atoms with Gasteiger partial charge < -0.3 is 9.80 Å². The monoisotopic (exact) mass is 517 g/mol. The van der Waals surface area contributed by atoms with Crippen molar-refractivity contribution in [3.05, 3.63) is 74.8 Å². The summed E-state index contributed by atoms with van der Waals surface area (Å²) in [6.07, 6.45) is 5.20. The molecule has 9 heteroatoms. The number of hydrogen-bond donors (Lipinski definition) is 0. The lowest BCUT2D eigenvalue weighted by Crippen LogP contribution is -2.38. The fourth-order valence-corrected chi connectivity index (χ4v) is 5.19. The van der Waals surface area contributed by atoms with E-state index in [0.717, 1.165) is 49.9 Å². The Morgan fingerprint density at radius 3 is 2.57 bits per heavy atom. The van der Waals surface area contributed by atoms with Crippen LogP contribution in [0.5, 0.6) is 0 Å². The molecule has 3 aromatic rings. The van der Waals surface area contributed by atoms with E-state index in [1.54, 1.807) is 25.2 Å². The number of aromatic nitrogens is 2. The van der Waals surface area contributed by atoms with E-state index in [4.69, 9.17) is 16.9 Å². The van der Waals surface area contributed by atoms with Crippen molar-refractivity contribution in [3.8, 4) is 6.07 Å². The second-order valence-electron chi connectivity index (χ2n) is 10.0. The van der Waals surface area contributed by atoms with Crippen molar-refractivity contribution in [2.45, 2.75) is 44.7 Å². The molecule has 0 radical (unpaired) electrons. The Hall–Kier alpha value is -3.70. The third-order valence-electron chi connectivity index (χ3n) is 7.36. The highest BCUT2D eigenvalue weighted by molar-refractivity contribution is 6.31. The molecule has 0 unspecified atom stereocenters. The molecule has 0 atom stereocenters. The van der Waals surface area contributed by atoms with Crippen LogP contribution in [0.4, 0.5) is 0 Å². The number of benzene rings is 2. The second-order valence-corrected chi connectivity index (χ2v) is 10.4. The molecule has 2 heterocycles. The normalized spacial score (nSPS) is 16.0. The van der Waals surface area contributed by atoms with Gasteiger partial charge in [-0.1, -0.05) is 23.7 Å². The minimum Gasteiger partial charge on any atom is -0.342 e. The topological polar surface area (TPSA) is 99.3 Å². The highest BCUT2D eigenvalue weighted by Gasteiger charge is 2.35. The van der Waals surface area contributed by atoms with E-state index in [-0.39, 0.29) is 29.8 Å². The number of amides is 2. The summed E-state index contributed by atoms with van der Waals surface area (Å²) in [6.45, 7) is 1.67. The zero-order valence-corrected chi connectivity index (χ0v) is 21.4. The minimum absolute atomic E-state index is 0.131. The molecule has 190 valence electrons. The van der Waals surface area contributed by atoms with Crippen LogP contribution < -0.4 is 5.56 Å². The number of rotatable bonds is 6. The third-order valence-corrected chi connectivity index (χ3v) is 7.67. The van der Waals surface area contributed by atoms with Gasteiger partial charge in [0, 0.05) is 32.6 Å². The Bertz CT molecular complexity index is 1460. The van der Waals surface area contributed by atoms with Gasteiger partial charge in [-0.15, -0.1) is 0 Å². The van der Waals surface area contributed by atoms with Crippen LogP contribution >= 0.6 is 11.6 Å². The molecule has 37 heavy (non-hydrogen) atoms. The first-order valence-electron chi connectivity index (χ1n) is 12.5. The maximum absolute atomic E-state index is 13.3. The summed E-state index contributed by atoms with van der Waals surface area (Å²) in [5.74, 6) is 0.576. The van der Waals surface area contributed by atoms with Gasteiger partial charge in [-0.3, -0.25) is 19.0 Å². The number of piperidine rings is 1. The molecule has 1 saturated heterocycles. The maximum atomic E-state index is 13.3. The number of carbonyl (C=O) groups excluding carboxylic acids is 2. The summed E-state index contributed by atoms with van der Waals surface area (Å²) in [5.41, 5.74) is 2.59. The predicted molar refractivity (Wildman–Crippen MR) is 140 cm³/mol. The van der Waals surface area contributed by atoms with Crippen LogP contribution in [0.2, 0.25) is 5.02 Å². The average Bonchev–Trinajstić information content (AvgIpc) is 3.76. The molecular weight excluding hydrogens is 490 g/mol. The van der Waals surface area contributed by atoms with E-state index in [1.165, 1.54) is 15.8 Å². The molecule has 0 N–H and O–H groups in total. The van der Waals surface area contributed by atoms with Crippen LogP contribution in [0.25, 0.3) is 10.9 Å². The van der Waals surface area contributed by atoms with Crippen molar-refractivity contribution in [2.24, 2.45) is 5.92 Å². The average molecular weight is 518 g/mol. The van der Waals surface area contributed by atoms with Crippen LogP contribution in [0.1, 0.15) is 48.3 Å². The molecule has 0 spiro atoms. The Morgan fingerprint density at radius 1 is 1.14 bits per heavy atom. The quantitative estimate of drug-likeness (QED) is 0.496. The van der Waals surface area contributed by atoms with Crippen LogP contribution in [0.15, 0.2) is 47.5 Å². The summed E-state index contributed by atoms with van der Waals surface area (Å²) >= 11 is 6.11. The number of hydrogen-bond acceptors (Lipinski definition) is 5. The molecule has 2 amide bonds. The SMILES string of the molecule is CN(Cc1ccc(C#N)c(Cl)c1)C(=O)Cn1cnc2ccc(C3CCN(C(=O)C4CC4)CC3)cc2c1=O. The summed E-state index contributed by atoms with van der Waals surface area (Å²) < 4.78 is 1.34. The van der Waals surface area contributed by atoms with E-state index in [2.05, 4.69) is 4.98 Å². The van der Waals surface area contributed by atoms with Gasteiger partial charge >= 0.3 is 0 Å². The fraction of sp³-hybridized carbons (Fsp3) is 0.393. The van der Waals surface area contributed by atoms with Crippen molar-refractivity contribution in [2.75, 3.05) is 20.1 Å². The van der Waals surface area contributed by atoms with Gasteiger partial charge in [0.05, 0.1) is 27.8 Å². The van der Waals surface area contributed by atoms with Gasteiger partial charge in [0.25, 0.3) is 5.56 Å². The molecule has 1 aliphatic carbocycles. The molecule has 1 aliphatic heterocycles. The Kier molecular flexibility index (Phi) is 6.98. The van der Waals surface area contributed by atoms with Gasteiger partial charge in [0.2, 0.25) is 11.8 Å². The molecule has 2 fully saturated rings. The summed E-state index contributed by atoms with van der Waals surface area (Å²) in [6, 6.07) is 12.8. The Balaban J connectivity index is 1.27. The highest BCUT2D eigenvalue weighted by atomic mass is 35.5. The smallest absolute Gasteiger partial charge is 0.261 e. The number of carbonyl (C=O) groups is 2. The van der Waals surface area contributed by atoms with Crippen LogP contribution in [0.3, 0.4) is 0 Å². The van der Waals surface area contributed by atoms with Crippen molar-refractivity contribution in [3.63, 3.8) is 0 Å². The number of halogens is 1. The van der Waals surface area contributed by atoms with E-state index < -0.39 is 0 Å². The number of likely N-dealkylation sites (N-methyl/N-ethyl adjacent to an activating group) is 1. The first-order chi connectivity index (χ1) is 17.8. The first kappa shape index (κ1) is 25.0. The largest absolute Gasteiger partial charge is 0.342 e. The number of nitriles is 1. The standard InChI is InChI=1S/C28H28ClN5O3/c1-32(15-18-2-3-22(14-30)24(29)12-18)26(35)16-34-17-31-25-7-6-21(13-23(25)28(34)37)19-8-10-33(11-9-19)27(36)20-4-5-20/h2-3,6-7,12-13,17,19-20H,4-5,8-11,15-16H2,1H3. The highest BCUT2D eigenvalue weighted by Crippen LogP contribution is 2.34. The van der Waals surface area contributed by atoms with Crippen molar-refractivity contribution in [1.29, 1.82) is 5.26 Å². The summed E-state index contributed by atoms with van der Waals surface area (Å²) in [5, 5.41) is 9.87. The van der Waals surface area contributed by atoms with Crippen molar-refractivity contribution < 1.29 is 9.59 Å². The van der Waals surface area contributed by atoms with E-state index in [9.17, 15) is 14.4 Å². The molecule has 0 bridgehead atoms.